The number of aromatic hydroxyl groups is 1. The lowest BCUT2D eigenvalue weighted by molar-refractivity contribution is -0.138. The molecular weight excluding hydrogens is 346 g/mol. The van der Waals surface area contributed by atoms with Crippen molar-refractivity contribution in [1.82, 2.24) is 0 Å². The number of aliphatic carboxylic acids is 1. The third-order valence-corrected chi connectivity index (χ3v) is 3.58. The number of hydrogen-bond donors (Lipinski definition) is 4. The molecule has 0 saturated heterocycles. The highest BCUT2D eigenvalue weighted by atomic mass is 35.5. The van der Waals surface area contributed by atoms with E-state index >= 15 is 0 Å². The fourth-order valence-corrected chi connectivity index (χ4v) is 2.39. The molecule has 6 N–H and O–H groups in total. The van der Waals surface area contributed by atoms with Gasteiger partial charge in [0.2, 0.25) is 0 Å². The largest absolute Gasteiger partial charge is 0.507 e. The third kappa shape index (κ3) is 4.04. The molecule has 1 unspecified atom stereocenters. The summed E-state index contributed by atoms with van der Waals surface area (Å²) in [5.74, 6) is -1.82. The first-order chi connectivity index (χ1) is 10.3. The Morgan fingerprint density at radius 2 is 1.96 bits per heavy atom. The molecule has 5 nitrogen and oxygen atoms in total. The number of anilines is 1. The van der Waals surface area contributed by atoms with E-state index in [-0.39, 0.29) is 40.9 Å². The van der Waals surface area contributed by atoms with Crippen molar-refractivity contribution in [3.05, 3.63) is 46.7 Å². The molecule has 0 fully saturated rings. The van der Waals surface area contributed by atoms with Gasteiger partial charge in [0.15, 0.2) is 0 Å². The van der Waals surface area contributed by atoms with Crippen LogP contribution in [0.5, 0.6) is 5.75 Å². The monoisotopic (exact) mass is 360 g/mol. The van der Waals surface area contributed by atoms with Crippen LogP contribution in [0.15, 0.2) is 30.3 Å². The van der Waals surface area contributed by atoms with Gasteiger partial charge in [-0.05, 0) is 29.8 Å². The van der Waals surface area contributed by atoms with Gasteiger partial charge in [0.1, 0.15) is 17.6 Å². The summed E-state index contributed by atoms with van der Waals surface area (Å²) in [4.78, 5) is 10.9. The molecule has 0 aromatic heterocycles. The fourth-order valence-electron chi connectivity index (χ4n) is 2.13. The highest BCUT2D eigenvalue weighted by Crippen LogP contribution is 2.40. The number of rotatable bonds is 4. The molecule has 8 heteroatoms. The molecule has 1 atom stereocenters. The molecule has 23 heavy (non-hydrogen) atoms. The van der Waals surface area contributed by atoms with Crippen LogP contribution in [-0.2, 0) is 11.2 Å². The van der Waals surface area contributed by atoms with Gasteiger partial charge in [0, 0.05) is 23.2 Å². The first kappa shape index (κ1) is 19.0. The van der Waals surface area contributed by atoms with Crippen molar-refractivity contribution in [3.63, 3.8) is 0 Å². The lowest BCUT2D eigenvalue weighted by Gasteiger charge is -2.15. The molecule has 0 aliphatic carbocycles. The van der Waals surface area contributed by atoms with Gasteiger partial charge in [0.05, 0.1) is 5.02 Å². The van der Waals surface area contributed by atoms with E-state index < -0.39 is 17.8 Å². The molecule has 0 bridgehead atoms. The minimum Gasteiger partial charge on any atom is -0.507 e. The number of phenolic OH excluding ortho intramolecular Hbond substituents is 1. The van der Waals surface area contributed by atoms with E-state index in [4.69, 9.17) is 28.2 Å². The Hall–Kier alpha value is -2.02. The van der Waals surface area contributed by atoms with Gasteiger partial charge in [-0.3, -0.25) is 4.79 Å². The highest BCUT2D eigenvalue weighted by molar-refractivity contribution is 6.33. The van der Waals surface area contributed by atoms with E-state index in [0.717, 1.165) is 6.07 Å². The van der Waals surface area contributed by atoms with Gasteiger partial charge in [-0.2, -0.15) is 0 Å². The predicted molar refractivity (Wildman–Crippen MR) is 89.5 cm³/mol. The van der Waals surface area contributed by atoms with Gasteiger partial charge in [0.25, 0.3) is 0 Å². The van der Waals surface area contributed by atoms with Crippen molar-refractivity contribution in [2.75, 3.05) is 5.73 Å². The zero-order valence-electron chi connectivity index (χ0n) is 11.8. The van der Waals surface area contributed by atoms with Crippen molar-refractivity contribution in [3.8, 4) is 16.9 Å². The number of phenols is 1. The first-order valence-electron chi connectivity index (χ1n) is 6.35. The molecule has 0 saturated carbocycles. The maximum atomic E-state index is 13.1. The molecule has 0 aliphatic heterocycles. The average molecular weight is 361 g/mol. The summed E-state index contributed by atoms with van der Waals surface area (Å²) < 4.78 is 13.1. The Morgan fingerprint density at radius 1 is 1.30 bits per heavy atom. The first-order valence-corrected chi connectivity index (χ1v) is 6.73. The minimum absolute atomic E-state index is 0. The third-order valence-electron chi connectivity index (χ3n) is 3.27. The van der Waals surface area contributed by atoms with Crippen LogP contribution >= 0.6 is 24.0 Å². The van der Waals surface area contributed by atoms with Gasteiger partial charge in [-0.1, -0.05) is 17.7 Å². The summed E-state index contributed by atoms with van der Waals surface area (Å²) in [6, 6.07) is 5.43. The highest BCUT2D eigenvalue weighted by Gasteiger charge is 2.19. The molecule has 0 radical (unpaired) electrons. The number of nitrogens with two attached hydrogens (primary N) is 2. The number of hydrogen-bond acceptors (Lipinski definition) is 4. The van der Waals surface area contributed by atoms with E-state index in [1.807, 2.05) is 0 Å². The summed E-state index contributed by atoms with van der Waals surface area (Å²) >= 11 is 5.99. The quantitative estimate of drug-likeness (QED) is 0.626. The molecular formula is C15H15Cl2FN2O3. The van der Waals surface area contributed by atoms with E-state index in [0.29, 0.717) is 11.1 Å². The van der Waals surface area contributed by atoms with Crippen LogP contribution in [0.2, 0.25) is 5.02 Å². The lowest BCUT2D eigenvalue weighted by atomic mass is 9.96. The molecule has 2 rings (SSSR count). The molecule has 0 aliphatic rings. The van der Waals surface area contributed by atoms with E-state index in [9.17, 15) is 14.3 Å². The summed E-state index contributed by atoms with van der Waals surface area (Å²) in [5, 5.41) is 19.0. The smallest absolute Gasteiger partial charge is 0.320 e. The summed E-state index contributed by atoms with van der Waals surface area (Å²) in [6.45, 7) is 0. The molecule has 2 aromatic carbocycles. The van der Waals surface area contributed by atoms with Crippen molar-refractivity contribution in [2.24, 2.45) is 5.73 Å². The van der Waals surface area contributed by atoms with Gasteiger partial charge in [-0.15, -0.1) is 12.4 Å². The van der Waals surface area contributed by atoms with Crippen LogP contribution in [0.4, 0.5) is 10.1 Å². The number of benzene rings is 2. The topological polar surface area (TPSA) is 110 Å². The van der Waals surface area contributed by atoms with Crippen LogP contribution in [0.1, 0.15) is 5.56 Å². The summed E-state index contributed by atoms with van der Waals surface area (Å²) in [5.41, 5.74) is 12.7. The molecule has 0 spiro atoms. The fraction of sp³-hybridized carbons (Fsp3) is 0.133. The van der Waals surface area contributed by atoms with Crippen molar-refractivity contribution < 1.29 is 19.4 Å². The number of halogens is 3. The standard InChI is InChI=1S/C15H14ClFN2O3.ClH/c16-10-6-8(17)2-3-9(10)13-12(20)4-1-7(14(13)19)5-11(18)15(21)22;/h1-4,6,11,20H,5,18-19H2,(H,21,22);1H. The van der Waals surface area contributed by atoms with E-state index in [1.165, 1.54) is 24.3 Å². The maximum absolute atomic E-state index is 13.1. The second-order valence-corrected chi connectivity index (χ2v) is 5.21. The van der Waals surface area contributed by atoms with Crippen molar-refractivity contribution in [2.45, 2.75) is 12.5 Å². The Kier molecular flexibility index (Phi) is 6.20. The molecule has 124 valence electrons. The predicted octanol–water partition coefficient (Wildman–Crippen LogP) is 2.81. The van der Waals surface area contributed by atoms with Crippen LogP contribution in [-0.4, -0.2) is 22.2 Å². The molecule has 0 heterocycles. The van der Waals surface area contributed by atoms with Gasteiger partial charge in [-0.25, -0.2) is 4.39 Å². The summed E-state index contributed by atoms with van der Waals surface area (Å²) in [7, 11) is 0. The number of nitrogen functional groups attached to an aromatic ring is 1. The zero-order chi connectivity index (χ0) is 16.4. The van der Waals surface area contributed by atoms with Crippen LogP contribution in [0, 0.1) is 5.82 Å². The number of carboxylic acid groups (broad SMARTS) is 1. The molecule has 0 amide bonds. The van der Waals surface area contributed by atoms with Crippen LogP contribution in [0.25, 0.3) is 11.1 Å². The Labute approximate surface area is 143 Å². The number of carboxylic acids is 1. The van der Waals surface area contributed by atoms with Crippen LogP contribution in [0.3, 0.4) is 0 Å². The average Bonchev–Trinajstić information content (AvgIpc) is 2.44. The van der Waals surface area contributed by atoms with Gasteiger partial charge < -0.3 is 21.7 Å². The zero-order valence-corrected chi connectivity index (χ0v) is 13.4. The normalized spacial score (nSPS) is 11.6. The second-order valence-electron chi connectivity index (χ2n) is 4.81. The van der Waals surface area contributed by atoms with Gasteiger partial charge >= 0.3 is 5.97 Å². The Morgan fingerprint density at radius 3 is 2.52 bits per heavy atom. The maximum Gasteiger partial charge on any atom is 0.320 e. The second kappa shape index (κ2) is 7.50. The van der Waals surface area contributed by atoms with E-state index in [1.54, 1.807) is 0 Å². The summed E-state index contributed by atoms with van der Waals surface area (Å²) in [6.07, 6.45) is -0.00669. The van der Waals surface area contributed by atoms with Crippen molar-refractivity contribution >= 4 is 35.7 Å². The number of carbonyl (C=O) groups is 1. The van der Waals surface area contributed by atoms with Crippen molar-refractivity contribution in [1.29, 1.82) is 0 Å². The minimum atomic E-state index is -1.16. The Bertz CT molecular complexity index is 741. The lowest BCUT2D eigenvalue weighted by Crippen LogP contribution is -2.32. The van der Waals surface area contributed by atoms with Crippen LogP contribution < -0.4 is 11.5 Å². The molecule has 2 aromatic rings. The Balaban J connectivity index is 0.00000264. The SMILES string of the molecule is Cl.Nc1c(CC(N)C(=O)O)ccc(O)c1-c1ccc(F)cc1Cl. The van der Waals surface area contributed by atoms with E-state index in [2.05, 4.69) is 0 Å².